The van der Waals surface area contributed by atoms with Crippen LogP contribution in [0.25, 0.3) is 0 Å². The minimum Gasteiger partial charge on any atom is -0.339 e. The SMILES string of the molecule is Cc1ccccc1CSc1ccc(C(=O)N2CCCC2)cn1. The molecule has 1 fully saturated rings. The molecule has 1 amide bonds. The van der Waals surface area contributed by atoms with Gasteiger partial charge in [-0.2, -0.15) is 0 Å². The summed E-state index contributed by atoms with van der Waals surface area (Å²) in [5.41, 5.74) is 3.32. The van der Waals surface area contributed by atoms with Crippen molar-refractivity contribution in [2.24, 2.45) is 0 Å². The van der Waals surface area contributed by atoms with Crippen molar-refractivity contribution >= 4 is 17.7 Å². The van der Waals surface area contributed by atoms with Gasteiger partial charge in [0.15, 0.2) is 0 Å². The van der Waals surface area contributed by atoms with Crippen LogP contribution in [-0.4, -0.2) is 28.9 Å². The highest BCUT2D eigenvalue weighted by molar-refractivity contribution is 7.98. The van der Waals surface area contributed by atoms with Gasteiger partial charge in [-0.3, -0.25) is 4.79 Å². The fourth-order valence-electron chi connectivity index (χ4n) is 2.62. The van der Waals surface area contributed by atoms with Crippen molar-refractivity contribution in [1.82, 2.24) is 9.88 Å². The Morgan fingerprint density at radius 2 is 1.95 bits per heavy atom. The summed E-state index contributed by atoms with van der Waals surface area (Å²) in [4.78, 5) is 18.6. The Kier molecular flexibility index (Phi) is 4.78. The van der Waals surface area contributed by atoms with Crippen LogP contribution in [0.2, 0.25) is 0 Å². The summed E-state index contributed by atoms with van der Waals surface area (Å²) in [6.45, 7) is 3.88. The van der Waals surface area contributed by atoms with Crippen LogP contribution in [0, 0.1) is 6.92 Å². The van der Waals surface area contributed by atoms with E-state index in [1.807, 2.05) is 17.0 Å². The first-order valence-corrected chi connectivity index (χ1v) is 8.65. The highest BCUT2D eigenvalue weighted by atomic mass is 32.2. The molecule has 22 heavy (non-hydrogen) atoms. The first-order valence-electron chi connectivity index (χ1n) is 7.67. The molecular formula is C18H20N2OS. The summed E-state index contributed by atoms with van der Waals surface area (Å²) in [7, 11) is 0. The number of hydrogen-bond donors (Lipinski definition) is 0. The maximum atomic E-state index is 12.3. The molecule has 0 saturated carbocycles. The van der Waals surface area contributed by atoms with E-state index in [1.54, 1.807) is 18.0 Å². The predicted molar refractivity (Wildman–Crippen MR) is 90.1 cm³/mol. The van der Waals surface area contributed by atoms with Crippen molar-refractivity contribution < 1.29 is 4.79 Å². The van der Waals surface area contributed by atoms with Gasteiger partial charge in [-0.25, -0.2) is 4.98 Å². The van der Waals surface area contributed by atoms with Crippen molar-refractivity contribution in [2.75, 3.05) is 13.1 Å². The first kappa shape index (κ1) is 15.1. The second-order valence-corrected chi connectivity index (χ2v) is 6.60. The molecule has 1 saturated heterocycles. The van der Waals surface area contributed by atoms with Crippen molar-refractivity contribution in [2.45, 2.75) is 30.5 Å². The molecule has 0 radical (unpaired) electrons. The summed E-state index contributed by atoms with van der Waals surface area (Å²) in [6.07, 6.45) is 3.94. The third-order valence-corrected chi connectivity index (χ3v) is 5.01. The number of carbonyl (C=O) groups is 1. The van der Waals surface area contributed by atoms with E-state index in [9.17, 15) is 4.79 Å². The van der Waals surface area contributed by atoms with Gasteiger partial charge < -0.3 is 4.90 Å². The van der Waals surface area contributed by atoms with Crippen LogP contribution in [-0.2, 0) is 5.75 Å². The van der Waals surface area contributed by atoms with Gasteiger partial charge in [-0.15, -0.1) is 11.8 Å². The highest BCUT2D eigenvalue weighted by Gasteiger charge is 2.19. The van der Waals surface area contributed by atoms with Crippen LogP contribution in [0.5, 0.6) is 0 Å². The van der Waals surface area contributed by atoms with Gasteiger partial charge in [0.2, 0.25) is 0 Å². The van der Waals surface area contributed by atoms with Gasteiger partial charge in [0, 0.05) is 25.0 Å². The van der Waals surface area contributed by atoms with E-state index in [-0.39, 0.29) is 5.91 Å². The highest BCUT2D eigenvalue weighted by Crippen LogP contribution is 2.23. The molecule has 2 aromatic rings. The molecule has 0 aliphatic carbocycles. The van der Waals surface area contributed by atoms with Crippen molar-refractivity contribution in [3.8, 4) is 0 Å². The Labute approximate surface area is 135 Å². The number of aryl methyl sites for hydroxylation is 1. The number of amides is 1. The van der Waals surface area contributed by atoms with Gasteiger partial charge in [-0.1, -0.05) is 24.3 Å². The molecule has 0 unspecified atom stereocenters. The minimum atomic E-state index is 0.112. The molecule has 4 heteroatoms. The maximum absolute atomic E-state index is 12.3. The molecule has 1 aliphatic rings. The van der Waals surface area contributed by atoms with Crippen molar-refractivity contribution in [3.63, 3.8) is 0 Å². The van der Waals surface area contributed by atoms with Crippen LogP contribution in [0.4, 0.5) is 0 Å². The Hall–Kier alpha value is -1.81. The van der Waals surface area contributed by atoms with Crippen LogP contribution < -0.4 is 0 Å². The number of benzene rings is 1. The summed E-state index contributed by atoms with van der Waals surface area (Å²) < 4.78 is 0. The average Bonchev–Trinajstić information content (AvgIpc) is 3.08. The molecular weight excluding hydrogens is 292 g/mol. The maximum Gasteiger partial charge on any atom is 0.255 e. The molecule has 1 aromatic carbocycles. The third kappa shape index (κ3) is 3.50. The van der Waals surface area contributed by atoms with E-state index in [0.717, 1.165) is 36.7 Å². The zero-order valence-corrected chi connectivity index (χ0v) is 13.6. The standard InChI is InChI=1S/C18H20N2OS/c1-14-6-2-3-7-16(14)13-22-17-9-8-15(12-19-17)18(21)20-10-4-5-11-20/h2-3,6-9,12H,4-5,10-11,13H2,1H3. The van der Waals surface area contributed by atoms with Gasteiger partial charge in [0.25, 0.3) is 5.91 Å². The second kappa shape index (κ2) is 6.97. The number of nitrogens with zero attached hydrogens (tertiary/aromatic N) is 2. The average molecular weight is 312 g/mol. The lowest BCUT2D eigenvalue weighted by molar-refractivity contribution is 0.0792. The zero-order chi connectivity index (χ0) is 15.4. The monoisotopic (exact) mass is 312 g/mol. The lowest BCUT2D eigenvalue weighted by atomic mass is 10.1. The fourth-order valence-corrected chi connectivity index (χ4v) is 3.54. The fraction of sp³-hybridized carbons (Fsp3) is 0.333. The second-order valence-electron chi connectivity index (χ2n) is 5.60. The summed E-state index contributed by atoms with van der Waals surface area (Å²) in [5.74, 6) is 1.01. The third-order valence-electron chi connectivity index (χ3n) is 4.01. The van der Waals surface area contributed by atoms with Crippen molar-refractivity contribution in [3.05, 3.63) is 59.3 Å². The molecule has 114 valence electrons. The van der Waals surface area contributed by atoms with E-state index in [1.165, 1.54) is 11.1 Å². The lowest BCUT2D eigenvalue weighted by Gasteiger charge is -2.14. The van der Waals surface area contributed by atoms with Gasteiger partial charge in [0.1, 0.15) is 0 Å². The van der Waals surface area contributed by atoms with Crippen molar-refractivity contribution in [1.29, 1.82) is 0 Å². The molecule has 2 heterocycles. The molecule has 1 aliphatic heterocycles. The normalized spacial score (nSPS) is 14.3. The zero-order valence-electron chi connectivity index (χ0n) is 12.8. The van der Waals surface area contributed by atoms with Gasteiger partial charge in [0.05, 0.1) is 10.6 Å². The van der Waals surface area contributed by atoms with Crippen LogP contribution >= 0.6 is 11.8 Å². The molecule has 3 rings (SSSR count). The largest absolute Gasteiger partial charge is 0.339 e. The Morgan fingerprint density at radius 1 is 1.18 bits per heavy atom. The Bertz CT molecular complexity index is 648. The number of pyridine rings is 1. The smallest absolute Gasteiger partial charge is 0.255 e. The molecule has 3 nitrogen and oxygen atoms in total. The van der Waals surface area contributed by atoms with Crippen LogP contribution in [0.15, 0.2) is 47.6 Å². The molecule has 0 atom stereocenters. The molecule has 1 aromatic heterocycles. The number of rotatable bonds is 4. The summed E-state index contributed by atoms with van der Waals surface area (Å²) >= 11 is 1.70. The number of thioether (sulfide) groups is 1. The van der Waals surface area contributed by atoms with Gasteiger partial charge in [-0.05, 0) is 43.0 Å². The van der Waals surface area contributed by atoms with Gasteiger partial charge >= 0.3 is 0 Å². The summed E-state index contributed by atoms with van der Waals surface area (Å²) in [6, 6.07) is 12.2. The van der Waals surface area contributed by atoms with Crippen LogP contribution in [0.1, 0.15) is 34.3 Å². The van der Waals surface area contributed by atoms with E-state index < -0.39 is 0 Å². The molecule has 0 N–H and O–H groups in total. The van der Waals surface area contributed by atoms with Crippen LogP contribution in [0.3, 0.4) is 0 Å². The summed E-state index contributed by atoms with van der Waals surface area (Å²) in [5, 5.41) is 0.959. The number of hydrogen-bond acceptors (Lipinski definition) is 3. The quantitative estimate of drug-likeness (QED) is 0.802. The number of likely N-dealkylation sites (tertiary alicyclic amines) is 1. The molecule has 0 spiro atoms. The number of aromatic nitrogens is 1. The van der Waals surface area contributed by atoms with E-state index in [0.29, 0.717) is 5.56 Å². The Balaban J connectivity index is 1.62. The van der Waals surface area contributed by atoms with E-state index >= 15 is 0 Å². The Morgan fingerprint density at radius 3 is 2.64 bits per heavy atom. The number of carbonyl (C=O) groups excluding carboxylic acids is 1. The minimum absolute atomic E-state index is 0.112. The first-order chi connectivity index (χ1) is 10.7. The topological polar surface area (TPSA) is 33.2 Å². The predicted octanol–water partition coefficient (Wildman–Crippen LogP) is 3.92. The van der Waals surface area contributed by atoms with E-state index in [2.05, 4.69) is 36.2 Å². The lowest BCUT2D eigenvalue weighted by Crippen LogP contribution is -2.27. The molecule has 0 bridgehead atoms. The van der Waals surface area contributed by atoms with E-state index in [4.69, 9.17) is 0 Å².